The minimum Gasteiger partial charge on any atom is -0.492 e. The first-order chi connectivity index (χ1) is 10.5. The highest BCUT2D eigenvalue weighted by Crippen LogP contribution is 2.29. The van der Waals surface area contributed by atoms with Crippen LogP contribution < -0.4 is 4.74 Å². The van der Waals surface area contributed by atoms with Crippen LogP contribution >= 0.6 is 11.6 Å². The van der Waals surface area contributed by atoms with Crippen molar-refractivity contribution in [2.24, 2.45) is 5.92 Å². The molecular formula is C16H20ClNO4. The fraction of sp³-hybridized carbons (Fsp3) is 0.500. The molecular weight excluding hydrogens is 306 g/mol. The van der Waals surface area contributed by atoms with E-state index < -0.39 is 11.9 Å². The number of nitrogens with zero attached hydrogens (tertiary/aromatic N) is 1. The molecule has 1 aliphatic heterocycles. The Hall–Kier alpha value is -1.75. The summed E-state index contributed by atoms with van der Waals surface area (Å²) < 4.78 is 5.52. The highest BCUT2D eigenvalue weighted by molar-refractivity contribution is 6.32. The quantitative estimate of drug-likeness (QED) is 0.903. The number of hydrogen-bond donors (Lipinski definition) is 1. The number of halogens is 1. The van der Waals surface area contributed by atoms with Crippen molar-refractivity contribution in [1.29, 1.82) is 0 Å². The van der Waals surface area contributed by atoms with Crippen LogP contribution in [-0.2, 0) is 16.0 Å². The predicted octanol–water partition coefficient (Wildman–Crippen LogP) is 2.60. The topological polar surface area (TPSA) is 66.8 Å². The lowest BCUT2D eigenvalue weighted by Gasteiger charge is -2.31. The van der Waals surface area contributed by atoms with Crippen LogP contribution in [0.1, 0.15) is 25.3 Å². The minimum atomic E-state index is -0.838. The van der Waals surface area contributed by atoms with Crippen LogP contribution in [0.2, 0.25) is 5.02 Å². The molecule has 1 fully saturated rings. The summed E-state index contributed by atoms with van der Waals surface area (Å²) in [7, 11) is 0. The van der Waals surface area contributed by atoms with Gasteiger partial charge in [0.1, 0.15) is 5.75 Å². The van der Waals surface area contributed by atoms with E-state index in [1.165, 1.54) is 0 Å². The van der Waals surface area contributed by atoms with Crippen LogP contribution in [0, 0.1) is 5.92 Å². The molecule has 0 saturated carbocycles. The Bertz CT molecular complexity index is 561. The number of aliphatic carboxylic acids is 1. The fourth-order valence-electron chi connectivity index (χ4n) is 2.68. The summed E-state index contributed by atoms with van der Waals surface area (Å²) in [6, 6.07) is 5.32. The summed E-state index contributed by atoms with van der Waals surface area (Å²) in [5.41, 5.74) is 0.733. The third-order valence-corrected chi connectivity index (χ3v) is 4.10. The maximum absolute atomic E-state index is 12.4. The molecule has 2 rings (SSSR count). The third kappa shape index (κ3) is 3.91. The van der Waals surface area contributed by atoms with Crippen molar-refractivity contribution in [1.82, 2.24) is 4.90 Å². The second-order valence-electron chi connectivity index (χ2n) is 5.36. The maximum atomic E-state index is 12.4. The second kappa shape index (κ2) is 7.49. The van der Waals surface area contributed by atoms with Gasteiger partial charge in [0, 0.05) is 18.7 Å². The molecule has 0 bridgehead atoms. The molecule has 0 aliphatic carbocycles. The van der Waals surface area contributed by atoms with Crippen LogP contribution in [0.15, 0.2) is 18.2 Å². The first-order valence-electron chi connectivity index (χ1n) is 7.43. The lowest BCUT2D eigenvalue weighted by molar-refractivity contribution is -0.145. The second-order valence-corrected chi connectivity index (χ2v) is 5.76. The van der Waals surface area contributed by atoms with Crippen LogP contribution in [0.4, 0.5) is 0 Å². The number of carbonyl (C=O) groups is 2. The Labute approximate surface area is 134 Å². The van der Waals surface area contributed by atoms with E-state index in [0.717, 1.165) is 12.0 Å². The minimum absolute atomic E-state index is 0.0887. The molecule has 1 atom stereocenters. The Morgan fingerprint density at radius 2 is 2.23 bits per heavy atom. The van der Waals surface area contributed by atoms with Crippen LogP contribution in [-0.4, -0.2) is 41.6 Å². The maximum Gasteiger partial charge on any atom is 0.308 e. The number of ether oxygens (including phenoxy) is 1. The zero-order valence-corrected chi connectivity index (χ0v) is 13.3. The van der Waals surface area contributed by atoms with Crippen LogP contribution in [0.5, 0.6) is 5.75 Å². The Balaban J connectivity index is 2.09. The summed E-state index contributed by atoms with van der Waals surface area (Å²) in [6.45, 7) is 3.21. The van der Waals surface area contributed by atoms with E-state index in [2.05, 4.69) is 0 Å². The van der Waals surface area contributed by atoms with Gasteiger partial charge >= 0.3 is 5.97 Å². The third-order valence-electron chi connectivity index (χ3n) is 3.80. The fourth-order valence-corrected chi connectivity index (χ4v) is 2.93. The van der Waals surface area contributed by atoms with E-state index in [-0.39, 0.29) is 18.9 Å². The summed E-state index contributed by atoms with van der Waals surface area (Å²) in [6.07, 6.45) is 1.51. The monoisotopic (exact) mass is 325 g/mol. The normalized spacial score (nSPS) is 18.1. The van der Waals surface area contributed by atoms with E-state index in [1.807, 2.05) is 13.0 Å². The first-order valence-corrected chi connectivity index (χ1v) is 7.81. The molecule has 0 spiro atoms. The van der Waals surface area contributed by atoms with Gasteiger partial charge in [-0.15, -0.1) is 0 Å². The van der Waals surface area contributed by atoms with Gasteiger partial charge in [0.05, 0.1) is 24.0 Å². The molecule has 22 heavy (non-hydrogen) atoms. The number of benzene rings is 1. The highest BCUT2D eigenvalue weighted by atomic mass is 35.5. The number of carbonyl (C=O) groups excluding carboxylic acids is 1. The number of carboxylic acids is 1. The van der Waals surface area contributed by atoms with Gasteiger partial charge in [0.25, 0.3) is 0 Å². The molecule has 1 N–H and O–H groups in total. The molecule has 1 aromatic rings. The van der Waals surface area contributed by atoms with Crippen molar-refractivity contribution >= 4 is 23.5 Å². The molecule has 1 saturated heterocycles. The predicted molar refractivity (Wildman–Crippen MR) is 83.3 cm³/mol. The van der Waals surface area contributed by atoms with Gasteiger partial charge in [-0.05, 0) is 25.8 Å². The number of para-hydroxylation sites is 1. The molecule has 0 unspecified atom stereocenters. The standard InChI is InChI=1S/C16H20ClNO4/c1-2-22-15-11(5-3-7-13(15)17)9-14(19)18-8-4-6-12(10-18)16(20)21/h3,5,7,12H,2,4,6,8-10H2,1H3,(H,20,21)/t12-/m0/s1. The molecule has 1 aliphatic rings. The van der Waals surface area contributed by atoms with Crippen molar-refractivity contribution < 1.29 is 19.4 Å². The Kier molecular flexibility index (Phi) is 5.66. The van der Waals surface area contributed by atoms with Crippen LogP contribution in [0.25, 0.3) is 0 Å². The molecule has 0 radical (unpaired) electrons. The van der Waals surface area contributed by atoms with Crippen molar-refractivity contribution in [2.75, 3.05) is 19.7 Å². The van der Waals surface area contributed by atoms with Crippen molar-refractivity contribution in [3.05, 3.63) is 28.8 Å². The largest absolute Gasteiger partial charge is 0.492 e. The molecule has 120 valence electrons. The van der Waals surface area contributed by atoms with E-state index >= 15 is 0 Å². The lowest BCUT2D eigenvalue weighted by atomic mass is 9.97. The van der Waals surface area contributed by atoms with Crippen LogP contribution in [0.3, 0.4) is 0 Å². The molecule has 0 aromatic heterocycles. The summed E-state index contributed by atoms with van der Waals surface area (Å²) in [5, 5.41) is 9.58. The van der Waals surface area contributed by atoms with Crippen molar-refractivity contribution in [3.8, 4) is 5.75 Å². The zero-order chi connectivity index (χ0) is 16.1. The Morgan fingerprint density at radius 1 is 1.45 bits per heavy atom. The number of hydrogen-bond acceptors (Lipinski definition) is 3. The first kappa shape index (κ1) is 16.6. The summed E-state index contributed by atoms with van der Waals surface area (Å²) in [5.74, 6) is -0.861. The molecule has 6 heteroatoms. The Morgan fingerprint density at radius 3 is 2.91 bits per heavy atom. The van der Waals surface area contributed by atoms with Crippen molar-refractivity contribution in [2.45, 2.75) is 26.2 Å². The van der Waals surface area contributed by atoms with Gasteiger partial charge < -0.3 is 14.7 Å². The SMILES string of the molecule is CCOc1c(Cl)cccc1CC(=O)N1CCC[C@H](C(=O)O)C1. The van der Waals surface area contributed by atoms with E-state index in [9.17, 15) is 9.59 Å². The summed E-state index contributed by atoms with van der Waals surface area (Å²) in [4.78, 5) is 25.2. The van der Waals surface area contributed by atoms with E-state index in [0.29, 0.717) is 30.3 Å². The lowest BCUT2D eigenvalue weighted by Crippen LogP contribution is -2.43. The van der Waals surface area contributed by atoms with Gasteiger partial charge in [-0.2, -0.15) is 0 Å². The average molecular weight is 326 g/mol. The number of piperidine rings is 1. The molecule has 5 nitrogen and oxygen atoms in total. The number of amides is 1. The zero-order valence-electron chi connectivity index (χ0n) is 12.5. The smallest absolute Gasteiger partial charge is 0.308 e. The van der Waals surface area contributed by atoms with E-state index in [1.54, 1.807) is 17.0 Å². The van der Waals surface area contributed by atoms with Crippen molar-refractivity contribution in [3.63, 3.8) is 0 Å². The number of carboxylic acid groups (broad SMARTS) is 1. The number of likely N-dealkylation sites (tertiary alicyclic amines) is 1. The van der Waals surface area contributed by atoms with Gasteiger partial charge in [0.15, 0.2) is 0 Å². The van der Waals surface area contributed by atoms with Gasteiger partial charge in [0.2, 0.25) is 5.91 Å². The van der Waals surface area contributed by atoms with Gasteiger partial charge in [-0.3, -0.25) is 9.59 Å². The van der Waals surface area contributed by atoms with E-state index in [4.69, 9.17) is 21.4 Å². The van der Waals surface area contributed by atoms with Gasteiger partial charge in [-0.25, -0.2) is 0 Å². The highest BCUT2D eigenvalue weighted by Gasteiger charge is 2.28. The molecule has 1 amide bonds. The molecule has 1 aromatic carbocycles. The summed E-state index contributed by atoms with van der Waals surface area (Å²) >= 11 is 6.11. The number of rotatable bonds is 5. The van der Waals surface area contributed by atoms with Gasteiger partial charge in [-0.1, -0.05) is 23.7 Å². The average Bonchev–Trinajstić information content (AvgIpc) is 2.51. The molecule has 1 heterocycles.